The summed E-state index contributed by atoms with van der Waals surface area (Å²) in [5.41, 5.74) is 2.67. The number of likely N-dealkylation sites (tertiary alicyclic amines) is 1. The summed E-state index contributed by atoms with van der Waals surface area (Å²) in [4.78, 5) is 6.82. The van der Waals surface area contributed by atoms with Crippen molar-refractivity contribution in [1.82, 2.24) is 15.0 Å². The molecular formula is C18H23N3O3. The second-order valence-electron chi connectivity index (χ2n) is 6.57. The zero-order chi connectivity index (χ0) is 16.5. The van der Waals surface area contributed by atoms with Crippen LogP contribution >= 0.6 is 0 Å². The SMILES string of the molecule is CO[C@H]1C[C@H](c2nc(C)no2)N(CCc2ccc3c(c2)CCO3)C1. The van der Waals surface area contributed by atoms with Crippen molar-refractivity contribution < 1.29 is 14.0 Å². The molecule has 0 unspecified atom stereocenters. The van der Waals surface area contributed by atoms with E-state index >= 15 is 0 Å². The van der Waals surface area contributed by atoms with Gasteiger partial charge in [-0.3, -0.25) is 4.90 Å². The number of aryl methyl sites for hydroxylation is 1. The van der Waals surface area contributed by atoms with Gasteiger partial charge in [0.1, 0.15) is 5.75 Å². The molecule has 4 rings (SSSR count). The van der Waals surface area contributed by atoms with Crippen molar-refractivity contribution in [3.63, 3.8) is 0 Å². The summed E-state index contributed by atoms with van der Waals surface area (Å²) in [7, 11) is 1.77. The van der Waals surface area contributed by atoms with E-state index < -0.39 is 0 Å². The number of fused-ring (bicyclic) bond motifs is 1. The highest BCUT2D eigenvalue weighted by Gasteiger charge is 2.36. The molecule has 2 aromatic rings. The first-order chi connectivity index (χ1) is 11.7. The number of nitrogens with zero attached hydrogens (tertiary/aromatic N) is 3. The lowest BCUT2D eigenvalue weighted by molar-refractivity contribution is 0.108. The van der Waals surface area contributed by atoms with Crippen LogP contribution in [0.2, 0.25) is 0 Å². The van der Waals surface area contributed by atoms with Crippen LogP contribution in [0.3, 0.4) is 0 Å². The maximum absolute atomic E-state index is 5.58. The van der Waals surface area contributed by atoms with E-state index in [1.807, 2.05) is 6.92 Å². The first kappa shape index (κ1) is 15.6. The van der Waals surface area contributed by atoms with Crippen molar-refractivity contribution in [1.29, 1.82) is 0 Å². The summed E-state index contributed by atoms with van der Waals surface area (Å²) in [6.45, 7) is 4.51. The van der Waals surface area contributed by atoms with E-state index in [1.165, 1.54) is 11.1 Å². The number of ether oxygens (including phenoxy) is 2. The summed E-state index contributed by atoms with van der Waals surface area (Å²) in [6, 6.07) is 6.69. The molecule has 6 nitrogen and oxygen atoms in total. The molecule has 0 bridgehead atoms. The topological polar surface area (TPSA) is 60.6 Å². The largest absolute Gasteiger partial charge is 0.493 e. The normalized spacial score (nSPS) is 23.4. The Balaban J connectivity index is 1.45. The molecule has 0 aliphatic carbocycles. The molecule has 24 heavy (non-hydrogen) atoms. The molecule has 0 saturated carbocycles. The fourth-order valence-corrected chi connectivity index (χ4v) is 3.65. The van der Waals surface area contributed by atoms with Crippen LogP contribution in [0, 0.1) is 6.92 Å². The van der Waals surface area contributed by atoms with Crippen molar-refractivity contribution >= 4 is 0 Å². The van der Waals surface area contributed by atoms with Crippen molar-refractivity contribution in [3.05, 3.63) is 41.0 Å². The van der Waals surface area contributed by atoms with Gasteiger partial charge in [0.25, 0.3) is 0 Å². The minimum Gasteiger partial charge on any atom is -0.493 e. The molecule has 3 heterocycles. The van der Waals surface area contributed by atoms with Gasteiger partial charge in [0.15, 0.2) is 5.82 Å². The molecule has 6 heteroatoms. The van der Waals surface area contributed by atoms with Crippen LogP contribution in [0.15, 0.2) is 22.7 Å². The lowest BCUT2D eigenvalue weighted by Crippen LogP contribution is -2.27. The van der Waals surface area contributed by atoms with E-state index in [9.17, 15) is 0 Å². The molecule has 0 amide bonds. The lowest BCUT2D eigenvalue weighted by atomic mass is 10.1. The zero-order valence-electron chi connectivity index (χ0n) is 14.2. The molecule has 1 saturated heterocycles. The number of benzene rings is 1. The highest BCUT2D eigenvalue weighted by atomic mass is 16.5. The Morgan fingerprint density at radius 3 is 3.08 bits per heavy atom. The maximum Gasteiger partial charge on any atom is 0.244 e. The van der Waals surface area contributed by atoms with Gasteiger partial charge >= 0.3 is 0 Å². The van der Waals surface area contributed by atoms with Crippen LogP contribution in [0.25, 0.3) is 0 Å². The minimum absolute atomic E-state index is 0.147. The van der Waals surface area contributed by atoms with Gasteiger partial charge in [-0.2, -0.15) is 4.98 Å². The molecule has 0 radical (unpaired) electrons. The minimum atomic E-state index is 0.147. The summed E-state index contributed by atoms with van der Waals surface area (Å²) in [5.74, 6) is 2.43. The monoisotopic (exact) mass is 329 g/mol. The van der Waals surface area contributed by atoms with Crippen LogP contribution in [0.5, 0.6) is 5.75 Å². The van der Waals surface area contributed by atoms with E-state index in [1.54, 1.807) is 7.11 Å². The highest BCUT2D eigenvalue weighted by molar-refractivity contribution is 5.39. The Morgan fingerprint density at radius 1 is 1.38 bits per heavy atom. The van der Waals surface area contributed by atoms with Crippen LogP contribution < -0.4 is 4.74 Å². The van der Waals surface area contributed by atoms with Crippen LogP contribution in [0.1, 0.15) is 35.3 Å². The number of rotatable bonds is 5. The van der Waals surface area contributed by atoms with Gasteiger partial charge in [-0.25, -0.2) is 0 Å². The molecular weight excluding hydrogens is 306 g/mol. The van der Waals surface area contributed by atoms with E-state index in [2.05, 4.69) is 33.2 Å². The molecule has 0 N–H and O–H groups in total. The molecule has 128 valence electrons. The highest BCUT2D eigenvalue weighted by Crippen LogP contribution is 2.33. The van der Waals surface area contributed by atoms with Gasteiger partial charge in [-0.05, 0) is 37.0 Å². The van der Waals surface area contributed by atoms with Gasteiger partial charge in [-0.15, -0.1) is 0 Å². The van der Waals surface area contributed by atoms with Crippen LogP contribution in [-0.4, -0.2) is 48.0 Å². The molecule has 1 fully saturated rings. The van der Waals surface area contributed by atoms with Crippen molar-refractivity contribution in [2.24, 2.45) is 0 Å². The summed E-state index contributed by atoms with van der Waals surface area (Å²) < 4.78 is 16.6. The van der Waals surface area contributed by atoms with E-state index in [4.69, 9.17) is 14.0 Å². The Morgan fingerprint density at radius 2 is 2.29 bits per heavy atom. The van der Waals surface area contributed by atoms with Gasteiger partial charge in [0, 0.05) is 26.6 Å². The van der Waals surface area contributed by atoms with Gasteiger partial charge in [0.2, 0.25) is 5.89 Å². The summed E-state index contributed by atoms with van der Waals surface area (Å²) in [6.07, 6.45) is 3.13. The second-order valence-corrected chi connectivity index (χ2v) is 6.57. The Labute approximate surface area is 141 Å². The lowest BCUT2D eigenvalue weighted by Gasteiger charge is -2.21. The number of hydrogen-bond donors (Lipinski definition) is 0. The van der Waals surface area contributed by atoms with Crippen molar-refractivity contribution in [2.45, 2.75) is 38.3 Å². The Kier molecular flexibility index (Phi) is 4.24. The first-order valence-electron chi connectivity index (χ1n) is 8.54. The van der Waals surface area contributed by atoms with Crippen LogP contribution in [0.4, 0.5) is 0 Å². The number of aromatic nitrogens is 2. The van der Waals surface area contributed by atoms with E-state index in [0.717, 1.165) is 44.7 Å². The predicted molar refractivity (Wildman–Crippen MR) is 88.1 cm³/mol. The molecule has 2 aliphatic heterocycles. The Bertz CT molecular complexity index is 715. The molecule has 1 aromatic heterocycles. The maximum atomic E-state index is 5.58. The summed E-state index contributed by atoms with van der Waals surface area (Å²) >= 11 is 0. The van der Waals surface area contributed by atoms with Gasteiger partial charge in [0.05, 0.1) is 18.8 Å². The fourth-order valence-electron chi connectivity index (χ4n) is 3.65. The quantitative estimate of drug-likeness (QED) is 0.839. The molecule has 2 atom stereocenters. The standard InChI is InChI=1S/C18H23N3O3/c1-12-19-18(24-20-12)16-10-15(22-2)11-21(16)7-5-13-3-4-17-14(9-13)6-8-23-17/h3-4,9,15-16H,5-8,10-11H2,1-2H3/t15-,16+/m0/s1. The number of hydrogen-bond acceptors (Lipinski definition) is 6. The summed E-state index contributed by atoms with van der Waals surface area (Å²) in [5, 5.41) is 3.94. The predicted octanol–water partition coefficient (Wildman–Crippen LogP) is 2.32. The van der Waals surface area contributed by atoms with Crippen molar-refractivity contribution in [3.8, 4) is 5.75 Å². The third-order valence-corrected chi connectivity index (χ3v) is 4.97. The Hall–Kier alpha value is -1.92. The fraction of sp³-hybridized carbons (Fsp3) is 0.556. The smallest absolute Gasteiger partial charge is 0.244 e. The van der Waals surface area contributed by atoms with Gasteiger partial charge < -0.3 is 14.0 Å². The van der Waals surface area contributed by atoms with Crippen molar-refractivity contribution in [2.75, 3.05) is 26.8 Å². The molecule has 1 aromatic carbocycles. The second kappa shape index (κ2) is 6.53. The van der Waals surface area contributed by atoms with E-state index in [-0.39, 0.29) is 12.1 Å². The average Bonchev–Trinajstić information content (AvgIpc) is 3.31. The molecule has 2 aliphatic rings. The third kappa shape index (κ3) is 3.03. The average molecular weight is 329 g/mol. The van der Waals surface area contributed by atoms with Crippen LogP contribution in [-0.2, 0) is 17.6 Å². The number of methoxy groups -OCH3 is 1. The third-order valence-electron chi connectivity index (χ3n) is 4.97. The first-order valence-corrected chi connectivity index (χ1v) is 8.54. The van der Waals surface area contributed by atoms with Gasteiger partial charge in [-0.1, -0.05) is 17.3 Å². The van der Waals surface area contributed by atoms with E-state index in [0.29, 0.717) is 11.7 Å². The zero-order valence-corrected chi connectivity index (χ0v) is 14.2. The molecule has 0 spiro atoms.